The van der Waals surface area contributed by atoms with E-state index in [0.29, 0.717) is 19.1 Å². The minimum Gasteiger partial charge on any atom is -0.388 e. The quantitative estimate of drug-likeness (QED) is 0.840. The van der Waals surface area contributed by atoms with E-state index >= 15 is 0 Å². The average molecular weight is 277 g/mol. The molecule has 1 aromatic carbocycles. The van der Waals surface area contributed by atoms with Crippen molar-refractivity contribution in [2.45, 2.75) is 45.3 Å². The Hall–Kier alpha value is -0.900. The van der Waals surface area contributed by atoms with Crippen molar-refractivity contribution in [1.29, 1.82) is 0 Å². The number of benzene rings is 1. The number of rotatable bonds is 6. The van der Waals surface area contributed by atoms with Crippen LogP contribution in [0.1, 0.15) is 49.8 Å². The molecule has 2 rings (SSSR count). The van der Waals surface area contributed by atoms with E-state index in [1.54, 1.807) is 7.11 Å². The molecule has 0 spiro atoms. The Morgan fingerprint density at radius 1 is 1.40 bits per heavy atom. The summed E-state index contributed by atoms with van der Waals surface area (Å²) in [5.41, 5.74) is 7.99. The summed E-state index contributed by atoms with van der Waals surface area (Å²) in [5, 5.41) is 10.8. The largest absolute Gasteiger partial charge is 0.388 e. The van der Waals surface area contributed by atoms with Gasteiger partial charge in [0.05, 0.1) is 12.7 Å². The van der Waals surface area contributed by atoms with E-state index in [-0.39, 0.29) is 5.41 Å². The van der Waals surface area contributed by atoms with Crippen LogP contribution in [0.15, 0.2) is 24.3 Å². The summed E-state index contributed by atoms with van der Waals surface area (Å²) in [5.74, 6) is 0.709. The lowest BCUT2D eigenvalue weighted by Gasteiger charge is -2.34. The maximum absolute atomic E-state index is 10.8. The third-order valence-corrected chi connectivity index (χ3v) is 4.92. The van der Waals surface area contributed by atoms with Crippen LogP contribution in [-0.2, 0) is 11.3 Å². The first-order chi connectivity index (χ1) is 9.65. The van der Waals surface area contributed by atoms with E-state index in [0.717, 1.165) is 24.0 Å². The third-order valence-electron chi connectivity index (χ3n) is 4.92. The average Bonchev–Trinajstić information content (AvgIpc) is 2.92. The Bertz CT molecular complexity index is 418. The maximum Gasteiger partial charge on any atom is 0.0858 e. The van der Waals surface area contributed by atoms with Gasteiger partial charge in [0, 0.05) is 19.1 Å². The molecule has 0 radical (unpaired) electrons. The number of aliphatic hydroxyl groups excluding tert-OH is 1. The van der Waals surface area contributed by atoms with Gasteiger partial charge in [-0.2, -0.15) is 0 Å². The second-order valence-electron chi connectivity index (χ2n) is 6.16. The van der Waals surface area contributed by atoms with Crippen LogP contribution < -0.4 is 5.73 Å². The van der Waals surface area contributed by atoms with Crippen LogP contribution in [0.3, 0.4) is 0 Å². The fourth-order valence-electron chi connectivity index (χ4n) is 3.48. The molecular weight excluding hydrogens is 250 g/mol. The molecule has 0 aromatic heterocycles. The van der Waals surface area contributed by atoms with Gasteiger partial charge in [-0.3, -0.25) is 0 Å². The Morgan fingerprint density at radius 2 is 2.10 bits per heavy atom. The van der Waals surface area contributed by atoms with Crippen molar-refractivity contribution in [3.05, 3.63) is 35.4 Å². The van der Waals surface area contributed by atoms with Gasteiger partial charge in [0.2, 0.25) is 0 Å². The summed E-state index contributed by atoms with van der Waals surface area (Å²) in [4.78, 5) is 0. The Labute approximate surface area is 122 Å². The number of ether oxygens (including phenoxy) is 1. The lowest BCUT2D eigenvalue weighted by Crippen LogP contribution is -2.34. The second kappa shape index (κ2) is 6.70. The van der Waals surface area contributed by atoms with Crippen molar-refractivity contribution in [3.8, 4) is 0 Å². The standard InChI is InChI=1S/C17H27NO2/c1-3-13-8-9-17(10-13,12-18)16(19)15-6-4-14(5-7-15)11-20-2/h4-7,13,16,19H,3,8-12,18H2,1-2H3. The molecule has 1 aliphatic carbocycles. The molecule has 0 aliphatic heterocycles. The van der Waals surface area contributed by atoms with Gasteiger partial charge < -0.3 is 15.6 Å². The first-order valence-corrected chi connectivity index (χ1v) is 7.61. The van der Waals surface area contributed by atoms with Crippen molar-refractivity contribution < 1.29 is 9.84 Å². The molecule has 1 aromatic rings. The van der Waals surface area contributed by atoms with Gasteiger partial charge in [-0.1, -0.05) is 37.6 Å². The first kappa shape index (κ1) is 15.5. The Balaban J connectivity index is 2.14. The number of aliphatic hydroxyl groups is 1. The molecular formula is C17H27NO2. The molecule has 3 nitrogen and oxygen atoms in total. The van der Waals surface area contributed by atoms with Crippen LogP contribution in [-0.4, -0.2) is 18.8 Å². The van der Waals surface area contributed by atoms with Crippen LogP contribution in [0.25, 0.3) is 0 Å². The van der Waals surface area contributed by atoms with Crippen LogP contribution in [0.5, 0.6) is 0 Å². The summed E-state index contributed by atoms with van der Waals surface area (Å²) in [7, 11) is 1.69. The van der Waals surface area contributed by atoms with Crippen LogP contribution in [0.4, 0.5) is 0 Å². The molecule has 3 heteroatoms. The fraction of sp³-hybridized carbons (Fsp3) is 0.647. The highest BCUT2D eigenvalue weighted by atomic mass is 16.5. The monoisotopic (exact) mass is 277 g/mol. The highest BCUT2D eigenvalue weighted by Gasteiger charge is 2.43. The van der Waals surface area contributed by atoms with Gasteiger partial charge in [0.25, 0.3) is 0 Å². The minimum absolute atomic E-state index is 0.135. The van der Waals surface area contributed by atoms with Gasteiger partial charge in [-0.05, 0) is 36.3 Å². The molecule has 3 N–H and O–H groups in total. The number of nitrogens with two attached hydrogens (primary N) is 1. The molecule has 0 bridgehead atoms. The molecule has 0 amide bonds. The SMILES string of the molecule is CCC1CCC(CN)(C(O)c2ccc(COC)cc2)C1. The molecule has 20 heavy (non-hydrogen) atoms. The third kappa shape index (κ3) is 3.05. The van der Waals surface area contributed by atoms with Gasteiger partial charge in [-0.15, -0.1) is 0 Å². The summed E-state index contributed by atoms with van der Waals surface area (Å²) >= 11 is 0. The topological polar surface area (TPSA) is 55.5 Å². The minimum atomic E-state index is -0.458. The van der Waals surface area contributed by atoms with Gasteiger partial charge in [0.1, 0.15) is 0 Å². The predicted octanol–water partition coefficient (Wildman–Crippen LogP) is 3.02. The molecule has 1 aliphatic rings. The van der Waals surface area contributed by atoms with E-state index in [1.165, 1.54) is 12.8 Å². The van der Waals surface area contributed by atoms with E-state index in [9.17, 15) is 5.11 Å². The van der Waals surface area contributed by atoms with E-state index in [2.05, 4.69) is 6.92 Å². The molecule has 112 valence electrons. The highest BCUT2D eigenvalue weighted by Crippen LogP contribution is 2.50. The number of hydrogen-bond donors (Lipinski definition) is 2. The summed E-state index contributed by atoms with van der Waals surface area (Å²) < 4.78 is 5.12. The van der Waals surface area contributed by atoms with Gasteiger partial charge in [-0.25, -0.2) is 0 Å². The molecule has 1 fully saturated rings. The number of methoxy groups -OCH3 is 1. The second-order valence-corrected chi connectivity index (χ2v) is 6.16. The predicted molar refractivity (Wildman–Crippen MR) is 81.2 cm³/mol. The number of hydrogen-bond acceptors (Lipinski definition) is 3. The van der Waals surface area contributed by atoms with E-state index in [1.807, 2.05) is 24.3 Å². The molecule has 1 saturated carbocycles. The van der Waals surface area contributed by atoms with Crippen LogP contribution in [0, 0.1) is 11.3 Å². The van der Waals surface area contributed by atoms with Crippen molar-refractivity contribution in [3.63, 3.8) is 0 Å². The van der Waals surface area contributed by atoms with Crippen LogP contribution in [0.2, 0.25) is 0 Å². The Morgan fingerprint density at radius 3 is 2.60 bits per heavy atom. The van der Waals surface area contributed by atoms with Crippen LogP contribution >= 0.6 is 0 Å². The van der Waals surface area contributed by atoms with Crippen molar-refractivity contribution in [2.24, 2.45) is 17.1 Å². The van der Waals surface area contributed by atoms with E-state index in [4.69, 9.17) is 10.5 Å². The zero-order valence-corrected chi connectivity index (χ0v) is 12.6. The maximum atomic E-state index is 10.8. The van der Waals surface area contributed by atoms with Crippen molar-refractivity contribution in [2.75, 3.05) is 13.7 Å². The summed E-state index contributed by atoms with van der Waals surface area (Å²) in [6.07, 6.45) is 3.98. The smallest absolute Gasteiger partial charge is 0.0858 e. The zero-order chi connectivity index (χ0) is 14.6. The molecule has 3 atom stereocenters. The van der Waals surface area contributed by atoms with Crippen molar-refractivity contribution in [1.82, 2.24) is 0 Å². The highest BCUT2D eigenvalue weighted by molar-refractivity contribution is 5.25. The summed E-state index contributed by atoms with van der Waals surface area (Å²) in [6.45, 7) is 3.39. The molecule has 0 saturated heterocycles. The lowest BCUT2D eigenvalue weighted by molar-refractivity contribution is 0.0301. The molecule has 3 unspecified atom stereocenters. The fourth-order valence-corrected chi connectivity index (χ4v) is 3.48. The van der Waals surface area contributed by atoms with Gasteiger partial charge >= 0.3 is 0 Å². The van der Waals surface area contributed by atoms with Gasteiger partial charge in [0.15, 0.2) is 0 Å². The van der Waals surface area contributed by atoms with E-state index < -0.39 is 6.10 Å². The first-order valence-electron chi connectivity index (χ1n) is 7.61. The Kier molecular flexibility index (Phi) is 5.19. The zero-order valence-electron chi connectivity index (χ0n) is 12.6. The molecule has 0 heterocycles. The van der Waals surface area contributed by atoms with Crippen molar-refractivity contribution >= 4 is 0 Å². The lowest BCUT2D eigenvalue weighted by atomic mass is 9.76. The summed E-state index contributed by atoms with van der Waals surface area (Å²) in [6, 6.07) is 8.07. The normalized spacial score (nSPS) is 27.7.